The molecule has 2 aromatic rings. The van der Waals surface area contributed by atoms with Gasteiger partial charge in [0.1, 0.15) is 11.5 Å². The van der Waals surface area contributed by atoms with Crippen molar-refractivity contribution in [3.05, 3.63) is 40.4 Å². The van der Waals surface area contributed by atoms with Gasteiger partial charge in [-0.15, -0.1) is 0 Å². The minimum atomic E-state index is -5.08. The first-order valence-corrected chi connectivity index (χ1v) is 9.41. The van der Waals surface area contributed by atoms with Crippen molar-refractivity contribution in [2.75, 3.05) is 7.05 Å². The third-order valence-corrected chi connectivity index (χ3v) is 4.87. The van der Waals surface area contributed by atoms with E-state index < -0.39 is 33.4 Å². The van der Waals surface area contributed by atoms with Gasteiger partial charge < -0.3 is 10.8 Å². The van der Waals surface area contributed by atoms with Crippen LogP contribution in [0, 0.1) is 5.82 Å². The summed E-state index contributed by atoms with van der Waals surface area (Å²) in [4.78, 5) is 12.8. The quantitative estimate of drug-likeness (QED) is 0.174. The van der Waals surface area contributed by atoms with Gasteiger partial charge in [0.05, 0.1) is 10.7 Å². The summed E-state index contributed by atoms with van der Waals surface area (Å²) in [5.41, 5.74) is 6.95. The smallest absolute Gasteiger partial charge is 0.475 e. The fourth-order valence-corrected chi connectivity index (χ4v) is 2.51. The Labute approximate surface area is 175 Å². The zero-order valence-electron chi connectivity index (χ0n) is 15.1. The van der Waals surface area contributed by atoms with Crippen LogP contribution in [-0.2, 0) is 14.8 Å². The highest BCUT2D eigenvalue weighted by molar-refractivity contribution is 7.89. The molecule has 1 aromatic heterocycles. The molecular formula is C13H13ClF4N6O6S. The first kappa shape index (κ1) is 26.2. The third kappa shape index (κ3) is 7.10. The van der Waals surface area contributed by atoms with E-state index in [1.807, 2.05) is 4.72 Å². The number of sulfonamides is 1. The number of hydroxylamine groups is 1. The lowest BCUT2D eigenvalue weighted by Gasteiger charge is -2.10. The van der Waals surface area contributed by atoms with Crippen LogP contribution < -0.4 is 15.9 Å². The maximum absolute atomic E-state index is 13.2. The maximum Gasteiger partial charge on any atom is 0.490 e. The molecule has 0 amide bonds. The zero-order valence-corrected chi connectivity index (χ0v) is 16.6. The van der Waals surface area contributed by atoms with E-state index in [0.717, 1.165) is 6.07 Å². The predicted molar refractivity (Wildman–Crippen MR) is 95.4 cm³/mol. The van der Waals surface area contributed by atoms with Crippen LogP contribution >= 0.6 is 11.6 Å². The number of halogens is 5. The Hall–Kier alpha value is -2.86. The van der Waals surface area contributed by atoms with Gasteiger partial charge in [0.2, 0.25) is 10.0 Å². The SMILES string of the molecule is CNS(=O)(=O)C(N)c1nonc1C(=Nc1ccc(F)c(Cl)c1)NO.O=C(O)C(F)(F)F. The number of nitrogens with zero attached hydrogens (tertiary/aromatic N) is 3. The number of nitrogens with one attached hydrogen (secondary N) is 2. The number of nitrogens with two attached hydrogens (primary N) is 1. The summed E-state index contributed by atoms with van der Waals surface area (Å²) >= 11 is 5.64. The Balaban J connectivity index is 0.000000592. The van der Waals surface area contributed by atoms with E-state index in [0.29, 0.717) is 0 Å². The molecule has 0 bridgehead atoms. The van der Waals surface area contributed by atoms with E-state index in [1.54, 1.807) is 5.48 Å². The first-order valence-electron chi connectivity index (χ1n) is 7.49. The Bertz CT molecular complexity index is 1060. The average Bonchev–Trinajstić information content (AvgIpc) is 3.17. The summed E-state index contributed by atoms with van der Waals surface area (Å²) in [7, 11) is -2.77. The lowest BCUT2D eigenvalue weighted by Crippen LogP contribution is -2.33. The van der Waals surface area contributed by atoms with Gasteiger partial charge in [-0.05, 0) is 30.4 Å². The van der Waals surface area contributed by atoms with Gasteiger partial charge in [-0.2, -0.15) is 13.2 Å². The highest BCUT2D eigenvalue weighted by Crippen LogP contribution is 2.23. The number of alkyl halides is 3. The fraction of sp³-hybridized carbons (Fsp3) is 0.231. The molecule has 2 rings (SSSR count). The van der Waals surface area contributed by atoms with Crippen molar-refractivity contribution in [2.24, 2.45) is 10.7 Å². The molecule has 0 radical (unpaired) electrons. The number of hydrogen-bond donors (Lipinski definition) is 5. The van der Waals surface area contributed by atoms with Crippen molar-refractivity contribution >= 4 is 39.1 Å². The molecule has 0 saturated heterocycles. The number of aromatic nitrogens is 2. The molecular weight excluding hydrogens is 480 g/mol. The van der Waals surface area contributed by atoms with Crippen LogP contribution in [0.3, 0.4) is 0 Å². The second kappa shape index (κ2) is 10.4. The minimum Gasteiger partial charge on any atom is -0.475 e. The minimum absolute atomic E-state index is 0.150. The molecule has 18 heteroatoms. The second-order valence-corrected chi connectivity index (χ2v) is 7.55. The molecule has 0 spiro atoms. The zero-order chi connectivity index (χ0) is 24.0. The second-order valence-electron chi connectivity index (χ2n) is 5.14. The number of carboxylic acids is 1. The topological polar surface area (TPSA) is 193 Å². The average molecular weight is 493 g/mol. The van der Waals surface area contributed by atoms with Crippen molar-refractivity contribution in [1.82, 2.24) is 20.5 Å². The molecule has 0 fully saturated rings. The lowest BCUT2D eigenvalue weighted by atomic mass is 10.3. The van der Waals surface area contributed by atoms with Crippen LogP contribution in [-0.4, -0.2) is 54.1 Å². The van der Waals surface area contributed by atoms with Gasteiger partial charge in [-0.3, -0.25) is 10.7 Å². The predicted octanol–water partition coefficient (Wildman–Crippen LogP) is 1.06. The van der Waals surface area contributed by atoms with Gasteiger partial charge in [-0.25, -0.2) is 31.9 Å². The summed E-state index contributed by atoms with van der Waals surface area (Å²) in [5.74, 6) is -3.73. The molecule has 1 aromatic carbocycles. The first-order chi connectivity index (χ1) is 14.2. The van der Waals surface area contributed by atoms with Crippen LogP contribution in [0.15, 0.2) is 27.8 Å². The van der Waals surface area contributed by atoms with E-state index in [4.69, 9.17) is 27.2 Å². The highest BCUT2D eigenvalue weighted by atomic mass is 35.5. The molecule has 0 aliphatic rings. The summed E-state index contributed by atoms with van der Waals surface area (Å²) in [6, 6.07) is 3.52. The monoisotopic (exact) mass is 492 g/mol. The number of carboxylic acid groups (broad SMARTS) is 1. The summed E-state index contributed by atoms with van der Waals surface area (Å²) < 4.78 is 75.0. The molecule has 1 heterocycles. The Morgan fingerprint density at radius 1 is 1.35 bits per heavy atom. The number of amidine groups is 1. The molecule has 0 aliphatic heterocycles. The van der Waals surface area contributed by atoms with Gasteiger partial charge in [0, 0.05) is 0 Å². The standard InChI is InChI=1S/C11H12ClFN6O4S.C2HF3O2/c1-15-24(21,22)10(14)8-9(19-23-18-8)11(17-20)16-5-2-3-7(13)6(12)4-5;3-2(4,5)1(6)7/h2-4,10,15,20H,14H2,1H3,(H,16,17);(H,6,7). The summed E-state index contributed by atoms with van der Waals surface area (Å²) in [6.07, 6.45) is -5.08. The highest BCUT2D eigenvalue weighted by Gasteiger charge is 2.38. The Morgan fingerprint density at radius 3 is 2.39 bits per heavy atom. The number of aliphatic carboxylic acids is 1. The molecule has 1 unspecified atom stereocenters. The molecule has 12 nitrogen and oxygen atoms in total. The van der Waals surface area contributed by atoms with Crippen molar-refractivity contribution in [3.8, 4) is 0 Å². The van der Waals surface area contributed by atoms with Crippen LogP contribution in [0.2, 0.25) is 5.02 Å². The summed E-state index contributed by atoms with van der Waals surface area (Å²) in [5, 5.41) is 21.5. The number of hydrogen-bond acceptors (Lipinski definition) is 9. The molecule has 0 aliphatic carbocycles. The molecule has 31 heavy (non-hydrogen) atoms. The van der Waals surface area contributed by atoms with Crippen LogP contribution in [0.1, 0.15) is 16.8 Å². The Morgan fingerprint density at radius 2 is 1.94 bits per heavy atom. The largest absolute Gasteiger partial charge is 0.490 e. The third-order valence-electron chi connectivity index (χ3n) is 3.12. The van der Waals surface area contributed by atoms with Crippen molar-refractivity contribution in [1.29, 1.82) is 0 Å². The van der Waals surface area contributed by atoms with Crippen LogP contribution in [0.5, 0.6) is 0 Å². The van der Waals surface area contributed by atoms with Crippen molar-refractivity contribution < 1.29 is 45.7 Å². The van der Waals surface area contributed by atoms with E-state index in [9.17, 15) is 31.2 Å². The van der Waals surface area contributed by atoms with E-state index >= 15 is 0 Å². The number of carbonyl (C=O) groups is 1. The van der Waals surface area contributed by atoms with Gasteiger partial charge >= 0.3 is 12.1 Å². The van der Waals surface area contributed by atoms with Gasteiger partial charge in [0.15, 0.2) is 16.9 Å². The van der Waals surface area contributed by atoms with E-state index in [2.05, 4.69) is 19.9 Å². The normalized spacial score (nSPS) is 13.2. The number of aliphatic imine (C=N–C) groups is 1. The van der Waals surface area contributed by atoms with Gasteiger partial charge in [-0.1, -0.05) is 16.8 Å². The number of benzene rings is 1. The van der Waals surface area contributed by atoms with Crippen molar-refractivity contribution in [2.45, 2.75) is 11.6 Å². The molecule has 1 atom stereocenters. The van der Waals surface area contributed by atoms with Crippen LogP contribution in [0.4, 0.5) is 23.2 Å². The van der Waals surface area contributed by atoms with Crippen molar-refractivity contribution in [3.63, 3.8) is 0 Å². The maximum atomic E-state index is 13.2. The van der Waals surface area contributed by atoms with E-state index in [-0.39, 0.29) is 27.9 Å². The van der Waals surface area contributed by atoms with Crippen LogP contribution in [0.25, 0.3) is 0 Å². The fourth-order valence-electron chi connectivity index (χ4n) is 1.63. The van der Waals surface area contributed by atoms with E-state index in [1.165, 1.54) is 19.2 Å². The number of rotatable bonds is 5. The lowest BCUT2D eigenvalue weighted by molar-refractivity contribution is -0.192. The summed E-state index contributed by atoms with van der Waals surface area (Å²) in [6.45, 7) is 0. The van der Waals surface area contributed by atoms with Gasteiger partial charge in [0.25, 0.3) is 0 Å². The molecule has 0 saturated carbocycles. The molecule has 6 N–H and O–H groups in total. The molecule has 172 valence electrons. The Kier molecular flexibility index (Phi) is 8.82.